The summed E-state index contributed by atoms with van der Waals surface area (Å²) >= 11 is 0. The molecule has 1 aromatic heterocycles. The zero-order valence-electron chi connectivity index (χ0n) is 16.9. The molecular weight excluding hydrogens is 378 g/mol. The lowest BCUT2D eigenvalue weighted by Gasteiger charge is -2.36. The lowest BCUT2D eigenvalue weighted by molar-refractivity contribution is -0.136. The number of carboxylic acids is 1. The molecule has 2 heterocycles. The van der Waals surface area contributed by atoms with Gasteiger partial charge in [0.2, 0.25) is 0 Å². The number of aromatic nitrogens is 2. The van der Waals surface area contributed by atoms with Crippen molar-refractivity contribution >= 4 is 17.0 Å². The van der Waals surface area contributed by atoms with E-state index in [1.54, 1.807) is 0 Å². The van der Waals surface area contributed by atoms with E-state index in [0.29, 0.717) is 11.8 Å². The predicted octanol–water partition coefficient (Wildman–Crippen LogP) is 3.11. The minimum absolute atomic E-state index is 0.0658. The quantitative estimate of drug-likeness (QED) is 0.682. The number of carbonyl (C=O) groups is 1. The van der Waals surface area contributed by atoms with Gasteiger partial charge in [-0.05, 0) is 47.9 Å². The molecule has 0 spiro atoms. The number of benzene rings is 2. The number of hydrogen-bond donors (Lipinski definition) is 2. The van der Waals surface area contributed by atoms with Crippen LogP contribution in [0.4, 0.5) is 0 Å². The average Bonchev–Trinajstić information content (AvgIpc) is 3.31. The Kier molecular flexibility index (Phi) is 5.05. The van der Waals surface area contributed by atoms with E-state index in [2.05, 4.69) is 20.5 Å². The lowest BCUT2D eigenvalue weighted by Crippen LogP contribution is -2.36. The van der Waals surface area contributed by atoms with Gasteiger partial charge in [0.15, 0.2) is 0 Å². The molecule has 3 aromatic rings. The maximum Gasteiger partial charge on any atom is 0.307 e. The molecule has 2 fully saturated rings. The maximum absolute atomic E-state index is 10.9. The molecule has 30 heavy (non-hydrogen) atoms. The second-order valence-electron chi connectivity index (χ2n) is 8.85. The summed E-state index contributed by atoms with van der Waals surface area (Å²) in [4.78, 5) is 17.8. The molecule has 5 rings (SSSR count). The molecule has 0 unspecified atom stereocenters. The van der Waals surface area contributed by atoms with Gasteiger partial charge in [-0.2, -0.15) is 0 Å². The van der Waals surface area contributed by atoms with Crippen molar-refractivity contribution < 1.29 is 15.0 Å². The molecule has 1 saturated heterocycles. The number of rotatable bonds is 5. The molecule has 2 aliphatic rings. The van der Waals surface area contributed by atoms with E-state index in [1.165, 1.54) is 5.56 Å². The number of aliphatic carboxylic acids is 1. The van der Waals surface area contributed by atoms with Gasteiger partial charge in [-0.1, -0.05) is 36.4 Å². The summed E-state index contributed by atoms with van der Waals surface area (Å²) in [6, 6.07) is 16.1. The van der Waals surface area contributed by atoms with Crippen LogP contribution in [0, 0.1) is 11.8 Å². The van der Waals surface area contributed by atoms with Crippen molar-refractivity contribution in [2.45, 2.75) is 38.0 Å². The number of aliphatic hydroxyl groups excluding tert-OH is 1. The van der Waals surface area contributed by atoms with Gasteiger partial charge < -0.3 is 14.8 Å². The third kappa shape index (κ3) is 3.73. The summed E-state index contributed by atoms with van der Waals surface area (Å²) in [6.07, 6.45) is 3.40. The Bertz CT molecular complexity index is 1050. The zero-order valence-corrected chi connectivity index (χ0v) is 16.9. The van der Waals surface area contributed by atoms with Crippen molar-refractivity contribution in [1.29, 1.82) is 0 Å². The van der Waals surface area contributed by atoms with Gasteiger partial charge in [0, 0.05) is 19.6 Å². The van der Waals surface area contributed by atoms with E-state index in [9.17, 15) is 9.90 Å². The maximum atomic E-state index is 10.9. The fourth-order valence-corrected chi connectivity index (χ4v) is 5.37. The summed E-state index contributed by atoms with van der Waals surface area (Å²) in [5.74, 6) is 0.299. The molecule has 156 valence electrons. The SMILES string of the molecule is O=C(O)Cc1ccc(CN2C[C@H]3C[C@@H](n4cnc5ccccc54)[C@H](O)C[C@H]3C2)cc1. The second-order valence-corrected chi connectivity index (χ2v) is 8.85. The average molecular weight is 405 g/mol. The summed E-state index contributed by atoms with van der Waals surface area (Å²) in [5.41, 5.74) is 4.11. The van der Waals surface area contributed by atoms with Gasteiger partial charge in [-0.25, -0.2) is 4.98 Å². The summed E-state index contributed by atoms with van der Waals surface area (Å²) in [6.45, 7) is 2.92. The monoisotopic (exact) mass is 405 g/mol. The van der Waals surface area contributed by atoms with Gasteiger partial charge in [0.1, 0.15) is 0 Å². The van der Waals surface area contributed by atoms with Crippen molar-refractivity contribution in [3.05, 3.63) is 66.0 Å². The van der Waals surface area contributed by atoms with Crippen LogP contribution in [0.3, 0.4) is 0 Å². The van der Waals surface area contributed by atoms with E-state index in [0.717, 1.165) is 49.1 Å². The van der Waals surface area contributed by atoms with Crippen LogP contribution in [-0.4, -0.2) is 49.8 Å². The van der Waals surface area contributed by atoms with Crippen molar-refractivity contribution in [3.8, 4) is 0 Å². The third-order valence-electron chi connectivity index (χ3n) is 6.81. The van der Waals surface area contributed by atoms with Crippen LogP contribution in [0.1, 0.15) is 30.0 Å². The number of nitrogens with zero attached hydrogens (tertiary/aromatic N) is 3. The van der Waals surface area contributed by atoms with Crippen molar-refractivity contribution in [1.82, 2.24) is 14.5 Å². The Morgan fingerprint density at radius 2 is 1.70 bits per heavy atom. The van der Waals surface area contributed by atoms with E-state index in [-0.39, 0.29) is 18.6 Å². The van der Waals surface area contributed by atoms with E-state index >= 15 is 0 Å². The molecule has 2 aromatic carbocycles. The first-order chi connectivity index (χ1) is 14.6. The molecule has 6 nitrogen and oxygen atoms in total. The van der Waals surface area contributed by atoms with Crippen LogP contribution in [0.2, 0.25) is 0 Å². The van der Waals surface area contributed by atoms with Gasteiger partial charge in [0.25, 0.3) is 0 Å². The Balaban J connectivity index is 1.26. The first kappa shape index (κ1) is 19.3. The Labute approximate surface area is 175 Å². The van der Waals surface area contributed by atoms with Crippen molar-refractivity contribution in [2.75, 3.05) is 13.1 Å². The van der Waals surface area contributed by atoms with Crippen LogP contribution < -0.4 is 0 Å². The largest absolute Gasteiger partial charge is 0.481 e. The molecule has 0 bridgehead atoms. The molecule has 1 aliphatic carbocycles. The predicted molar refractivity (Wildman–Crippen MR) is 114 cm³/mol. The highest BCUT2D eigenvalue weighted by Crippen LogP contribution is 2.42. The summed E-state index contributed by atoms with van der Waals surface area (Å²) in [7, 11) is 0. The van der Waals surface area contributed by atoms with Gasteiger partial charge in [-0.15, -0.1) is 0 Å². The van der Waals surface area contributed by atoms with Crippen molar-refractivity contribution in [3.63, 3.8) is 0 Å². The molecule has 2 N–H and O–H groups in total. The number of likely N-dealkylation sites (tertiary alicyclic amines) is 1. The molecule has 0 amide bonds. The topological polar surface area (TPSA) is 78.6 Å². The van der Waals surface area contributed by atoms with Crippen molar-refractivity contribution in [2.24, 2.45) is 11.8 Å². The van der Waals surface area contributed by atoms with Crippen LogP contribution in [0.5, 0.6) is 0 Å². The highest BCUT2D eigenvalue weighted by atomic mass is 16.4. The van der Waals surface area contributed by atoms with Gasteiger partial charge >= 0.3 is 5.97 Å². The molecule has 0 radical (unpaired) electrons. The number of imidazole rings is 1. The standard InChI is InChI=1S/C24H27N3O3/c28-23-11-19-14-26(12-17-7-5-16(6-8-17)9-24(29)30)13-18(19)10-22(23)27-15-25-20-3-1-2-4-21(20)27/h1-8,15,18-19,22-23,28H,9-14H2,(H,29,30)/t18-,19+,22-,23-/m1/s1. The molecule has 6 heteroatoms. The molecule has 1 saturated carbocycles. The molecule has 4 atom stereocenters. The molecule has 1 aliphatic heterocycles. The number of hydrogen-bond acceptors (Lipinski definition) is 4. The van der Waals surface area contributed by atoms with Gasteiger partial charge in [0.05, 0.1) is 35.9 Å². The first-order valence-electron chi connectivity index (χ1n) is 10.7. The van der Waals surface area contributed by atoms with E-state index < -0.39 is 5.97 Å². The van der Waals surface area contributed by atoms with Crippen LogP contribution >= 0.6 is 0 Å². The number of carboxylic acid groups (broad SMARTS) is 1. The zero-order chi connectivity index (χ0) is 20.7. The molecular formula is C24H27N3O3. The summed E-state index contributed by atoms with van der Waals surface area (Å²) in [5, 5.41) is 19.8. The van der Waals surface area contributed by atoms with E-state index in [1.807, 2.05) is 48.8 Å². The van der Waals surface area contributed by atoms with E-state index in [4.69, 9.17) is 5.11 Å². The second kappa shape index (κ2) is 7.85. The number of fused-ring (bicyclic) bond motifs is 2. The number of aliphatic hydroxyl groups is 1. The van der Waals surface area contributed by atoms with Crippen LogP contribution in [-0.2, 0) is 17.8 Å². The minimum atomic E-state index is -0.801. The minimum Gasteiger partial charge on any atom is -0.481 e. The lowest BCUT2D eigenvalue weighted by atomic mass is 9.77. The normalized spacial score (nSPS) is 26.7. The summed E-state index contributed by atoms with van der Waals surface area (Å²) < 4.78 is 2.17. The third-order valence-corrected chi connectivity index (χ3v) is 6.81. The number of para-hydroxylation sites is 2. The smallest absolute Gasteiger partial charge is 0.307 e. The van der Waals surface area contributed by atoms with Gasteiger partial charge in [-0.3, -0.25) is 9.69 Å². The Morgan fingerprint density at radius 1 is 1.00 bits per heavy atom. The Morgan fingerprint density at radius 3 is 2.47 bits per heavy atom. The van der Waals surface area contributed by atoms with Crippen LogP contribution in [0.15, 0.2) is 54.9 Å². The fraction of sp³-hybridized carbons (Fsp3) is 0.417. The van der Waals surface area contributed by atoms with Crippen LogP contribution in [0.25, 0.3) is 11.0 Å². The highest BCUT2D eigenvalue weighted by molar-refractivity contribution is 5.75. The first-order valence-corrected chi connectivity index (χ1v) is 10.7. The highest BCUT2D eigenvalue weighted by Gasteiger charge is 2.42. The Hall–Kier alpha value is -2.70. The fourth-order valence-electron chi connectivity index (χ4n) is 5.37.